The molecule has 698 valence electrons. The molecule has 134 heavy (non-hydrogen) atoms. The number of azide groups is 1. The van der Waals surface area contributed by atoms with Crippen LogP contribution in [0, 0.1) is 24.7 Å². The lowest BCUT2D eigenvalue weighted by Gasteiger charge is -2.29. The lowest BCUT2D eigenvalue weighted by atomic mass is 9.89. The van der Waals surface area contributed by atoms with E-state index in [2.05, 4.69) is 92.7 Å². The van der Waals surface area contributed by atoms with E-state index in [9.17, 15) is 58.8 Å². The highest BCUT2D eigenvalue weighted by Crippen LogP contribution is 2.44. The third-order valence-corrected chi connectivity index (χ3v) is 21.9. The fourth-order valence-electron chi connectivity index (χ4n) is 14.5. The molecule has 2 aliphatic heterocycles. The van der Waals surface area contributed by atoms with E-state index < -0.39 is 23.3 Å². The first-order valence-corrected chi connectivity index (χ1v) is 43.7. The van der Waals surface area contributed by atoms with E-state index in [1.165, 1.54) is 66.2 Å². The number of nitrogens with one attached hydrogen (secondary N) is 5. The zero-order valence-electron chi connectivity index (χ0n) is 76.2. The van der Waals surface area contributed by atoms with Crippen LogP contribution in [0.25, 0.3) is 88.2 Å². The number of benzene rings is 9. The largest absolute Gasteiger partial charge is 0.508 e. The number of terminal acetylenes is 2. The van der Waals surface area contributed by atoms with Crippen molar-refractivity contribution in [2.45, 2.75) is 51.7 Å². The number of hydrogen-bond acceptors (Lipinski definition) is 23. The predicted molar refractivity (Wildman–Crippen MR) is 529 cm³/mol. The van der Waals surface area contributed by atoms with Gasteiger partial charge in [-0.2, -0.15) is 0 Å². The van der Waals surface area contributed by atoms with Crippen molar-refractivity contribution in [3.63, 3.8) is 0 Å². The molecule has 9 aromatic rings. The molecule has 35 heteroatoms. The Hall–Kier alpha value is -14.8. The van der Waals surface area contributed by atoms with Gasteiger partial charge in [0, 0.05) is 126 Å². The second-order valence-corrected chi connectivity index (χ2v) is 33.9. The smallest absolute Gasteiger partial charge is 0.422 e. The molecule has 4 heterocycles. The van der Waals surface area contributed by atoms with Gasteiger partial charge in [-0.1, -0.05) is 89.4 Å². The first-order valence-electron chi connectivity index (χ1n) is 42.9. The molecule has 0 atom stereocenters. The first kappa shape index (κ1) is 103. The standard InChI is InChI=1S/C42H44N6O7S.C26H22N4O6S.C15H21N3O.C15H17N2O3.CH5N/c1-43-41(51)33-8-4-5-9-37(33)44-16-18-48(2,3)26-28-25-47(46-45-28)17-20-54-19-6-7-31(56)21-27-10-13-32(36(22-27)42(52)53)40-34-14-11-29(49)23-38(34)55-39-24-30(50)12-15-35(39)40;27-30-28-9-11-35-10-1-2-24(37)29-15-3-6-18(21(12-15)26(33)34)25-19-7-4-16(31)13-22(19)36-23-14-17(32)5-8-20(23)25;1-5-11-18(3,4)12-10-17-14-9-7-6-8-13(14)15(19)16-2;1-4-10-17(2,3)11-9-16-13-8-6-5-7-12(13)14(18)20-15(16)19;1-2/h4-5,8-15,22-25H,6-7,16-21,26H2,1-3H3,(H3-,43,44,49,50,51,52,53);3-8,12-14,31H,1-2,9-11H2,(H,29,37)(H,33,34);1,6-9H,10-12H2,2-4H3,(H-,16,17,19);1,5-8H,9-11H2,2-3H3;2H2,1H3/q;;;+1;/p+2. The Bertz CT molecular complexity index is 6680. The summed E-state index contributed by atoms with van der Waals surface area (Å²) >= 11 is 11.1. The average Bonchev–Trinajstić information content (AvgIpc) is 1.38. The number of carboxylic acid groups (broad SMARTS) is 2. The number of ether oxygens (including phenoxy) is 2. The van der Waals surface area contributed by atoms with Crippen LogP contribution in [-0.4, -0.2) is 229 Å². The van der Waals surface area contributed by atoms with Crippen molar-refractivity contribution in [2.24, 2.45) is 10.8 Å². The molecule has 2 aliphatic carbocycles. The molecule has 0 fully saturated rings. The van der Waals surface area contributed by atoms with Gasteiger partial charge >= 0.3 is 23.3 Å². The van der Waals surface area contributed by atoms with Crippen molar-refractivity contribution in [2.75, 3.05) is 158 Å². The highest BCUT2D eigenvalue weighted by Gasteiger charge is 2.27. The number of aromatic hydroxyl groups is 2. The number of carbonyl (C=O) groups is 4. The highest BCUT2D eigenvalue weighted by molar-refractivity contribution is 7.80. The van der Waals surface area contributed by atoms with Crippen molar-refractivity contribution in [3.05, 3.63) is 274 Å². The number of phenolic OH excluding ortho intramolecular Hbond substituents is 2. The van der Waals surface area contributed by atoms with Crippen molar-refractivity contribution in [1.29, 1.82) is 0 Å². The van der Waals surface area contributed by atoms with Crippen molar-refractivity contribution < 1.29 is 75.8 Å². The molecule has 2 amide bonds. The van der Waals surface area contributed by atoms with Crippen LogP contribution in [-0.2, 0) is 35.5 Å². The minimum absolute atomic E-state index is 0.0119. The Balaban J connectivity index is 0.000000220. The summed E-state index contributed by atoms with van der Waals surface area (Å²) in [5, 5.41) is 69.1. The number of phenols is 2. The fraction of sp³-hybridized carbons (Fsp3) is 0.293. The van der Waals surface area contributed by atoms with Crippen LogP contribution in [0.3, 0.4) is 0 Å². The number of thiocarbonyl (C=S) groups is 2. The lowest BCUT2D eigenvalue weighted by molar-refractivity contribution is -0.902. The van der Waals surface area contributed by atoms with Crippen molar-refractivity contribution >= 4 is 108 Å². The minimum Gasteiger partial charge on any atom is -0.508 e. The number of nitrogens with two attached hydrogens (primary N) is 1. The quantitative estimate of drug-likeness (QED) is 0.00251. The van der Waals surface area contributed by atoms with Crippen LogP contribution in [0.4, 0.5) is 17.1 Å². The number of fused-ring (bicyclic) bond motifs is 5. The second kappa shape index (κ2) is 49.5. The Morgan fingerprint density at radius 2 is 1.07 bits per heavy atom. The summed E-state index contributed by atoms with van der Waals surface area (Å²) in [6.07, 6.45) is 15.6. The summed E-state index contributed by atoms with van der Waals surface area (Å²) in [5.74, 6) is 2.76. The van der Waals surface area contributed by atoms with Gasteiger partial charge in [0.2, 0.25) is 0 Å². The van der Waals surface area contributed by atoms with Gasteiger partial charge in [0.15, 0.2) is 10.9 Å². The van der Waals surface area contributed by atoms with Gasteiger partial charge in [-0.15, -0.1) is 17.9 Å². The number of likely N-dealkylation sites (N-methyl/N-ethyl adjacent to an activating group) is 3. The van der Waals surface area contributed by atoms with E-state index in [0.29, 0.717) is 201 Å². The summed E-state index contributed by atoms with van der Waals surface area (Å²) in [6, 6.07) is 50.0. The number of amides is 2. The van der Waals surface area contributed by atoms with Crippen LogP contribution in [0.1, 0.15) is 78.4 Å². The lowest BCUT2D eigenvalue weighted by Crippen LogP contribution is -2.43. The Morgan fingerprint density at radius 3 is 1.63 bits per heavy atom. The maximum Gasteiger partial charge on any atom is 0.422 e. The highest BCUT2D eigenvalue weighted by atomic mass is 32.1. The number of hydrogen-bond donors (Lipinski definition) is 10. The number of rotatable bonds is 38. The fourth-order valence-corrected chi connectivity index (χ4v) is 15.1. The third kappa shape index (κ3) is 29.4. The third-order valence-electron chi connectivity index (χ3n) is 21.3. The molecule has 0 unspecified atom stereocenters. The van der Waals surface area contributed by atoms with Crippen molar-refractivity contribution in [3.8, 4) is 81.1 Å². The second-order valence-electron chi connectivity index (χ2n) is 32.8. The predicted octanol–water partition coefficient (Wildman–Crippen LogP) is 13.2. The summed E-state index contributed by atoms with van der Waals surface area (Å²) in [6.45, 7) is 8.82. The number of para-hydroxylation sites is 3. The van der Waals surface area contributed by atoms with Gasteiger partial charge < -0.3 is 88.9 Å². The van der Waals surface area contributed by atoms with Crippen LogP contribution in [0.15, 0.2) is 226 Å². The SMILES string of the molecule is C#CC[N+](C)(C)CCNc1ccccc1C(=O)NC.C#CC[N+](C)(C)CCn1c(=O)oc(=O)c2ccccc21.CN.CNC(=O)c1ccccc1NCC[N+](C)(C)Cc1cn(CCOCCCC(=S)Cc2ccc(-c3c4ccc(=O)cc-4oc4cc(O)ccc34)c(C(=O)O)c2)nn1.[N-]=[N+]=NCCOCCCC(=S)Nc1ccc(-c2c3ccc(=O)cc-3oc3cc(O)ccc23)c(C(=O)O)c1. The Morgan fingerprint density at radius 1 is 0.567 bits per heavy atom. The summed E-state index contributed by atoms with van der Waals surface area (Å²) in [4.78, 5) is 100. The monoisotopic (exact) mass is 1860 g/mol. The van der Waals surface area contributed by atoms with Gasteiger partial charge in [0.1, 0.15) is 59.5 Å². The molecule has 33 nitrogen and oxygen atoms in total. The Kier molecular flexibility index (Phi) is 38.0. The number of carboxylic acids is 2. The van der Waals surface area contributed by atoms with Gasteiger partial charge in [-0.05, 0) is 168 Å². The van der Waals surface area contributed by atoms with Crippen LogP contribution >= 0.6 is 24.4 Å². The molecule has 7 aromatic carbocycles. The van der Waals surface area contributed by atoms with Gasteiger partial charge in [0.05, 0.1) is 146 Å². The van der Waals surface area contributed by atoms with Crippen molar-refractivity contribution in [1.82, 2.24) is 30.2 Å². The van der Waals surface area contributed by atoms with Crippen LogP contribution < -0.4 is 54.6 Å². The molecule has 13 rings (SSSR count). The molecular formula is C99H111N16O17S2+3. The summed E-state index contributed by atoms with van der Waals surface area (Å²) in [5.41, 5.74) is 21.3. The number of quaternary nitrogens is 3. The van der Waals surface area contributed by atoms with E-state index in [0.717, 1.165) is 58.0 Å². The summed E-state index contributed by atoms with van der Waals surface area (Å²) in [7, 11) is 17.2. The van der Waals surface area contributed by atoms with Crippen LogP contribution in [0.5, 0.6) is 11.5 Å². The molecule has 0 bridgehead atoms. The van der Waals surface area contributed by atoms with E-state index in [-0.39, 0.29) is 57.6 Å². The number of anilines is 3. The van der Waals surface area contributed by atoms with Gasteiger partial charge in [0.25, 0.3) is 11.8 Å². The van der Waals surface area contributed by atoms with E-state index in [1.807, 2.05) is 68.8 Å². The zero-order chi connectivity index (χ0) is 97.2. The normalized spacial score (nSPS) is 11.1. The van der Waals surface area contributed by atoms with Gasteiger partial charge in [-0.25, -0.2) is 23.9 Å². The maximum absolute atomic E-state index is 12.6. The number of aromatic carboxylic acids is 2. The molecule has 0 radical (unpaired) electrons. The molecular weight excluding hydrogens is 1750 g/mol. The molecule has 0 saturated carbocycles. The van der Waals surface area contributed by atoms with Gasteiger partial charge in [-0.3, -0.25) is 23.7 Å². The van der Waals surface area contributed by atoms with E-state index >= 15 is 0 Å². The Labute approximate surface area is 784 Å². The number of nitrogens with zero attached hydrogens (tertiary/aromatic N) is 10. The first-order chi connectivity index (χ1) is 64.2. The molecule has 2 aromatic heterocycles. The van der Waals surface area contributed by atoms with E-state index in [1.54, 1.807) is 97.6 Å². The molecule has 0 saturated heterocycles. The van der Waals surface area contributed by atoms with E-state index in [4.69, 9.17) is 65.5 Å². The number of aromatic nitrogens is 4. The zero-order valence-corrected chi connectivity index (χ0v) is 77.8. The minimum atomic E-state index is -1.14. The summed E-state index contributed by atoms with van der Waals surface area (Å²) < 4.78 is 33.1. The maximum atomic E-state index is 12.6. The average molecular weight is 1860 g/mol. The van der Waals surface area contributed by atoms with Crippen LogP contribution in [0.2, 0.25) is 0 Å². The molecule has 4 aliphatic rings. The topological polar surface area (TPSA) is 446 Å². The molecule has 11 N–H and O–H groups in total. The number of carbonyl (C=O) groups excluding carboxylic acids is 2. The molecule has 0 spiro atoms.